The molecule has 1 atom stereocenters. The smallest absolute Gasteiger partial charge is 0.354 e. The molecule has 0 bridgehead atoms. The van der Waals surface area contributed by atoms with Crippen LogP contribution in [0.2, 0.25) is 0 Å². The molecule has 2 rings (SSSR count). The van der Waals surface area contributed by atoms with Gasteiger partial charge in [-0.15, -0.1) is 0 Å². The fourth-order valence-electron chi connectivity index (χ4n) is 1.90. The van der Waals surface area contributed by atoms with Gasteiger partial charge in [0.2, 0.25) is 5.91 Å². The van der Waals surface area contributed by atoms with Crippen LogP contribution in [-0.4, -0.2) is 34.9 Å². The second-order valence-electron chi connectivity index (χ2n) is 4.36. The summed E-state index contributed by atoms with van der Waals surface area (Å²) in [6.07, 6.45) is 2.34. The van der Waals surface area contributed by atoms with Crippen molar-refractivity contribution < 1.29 is 22.8 Å². The van der Waals surface area contributed by atoms with E-state index in [1.807, 2.05) is 0 Å². The molecule has 114 valence electrons. The molecule has 0 radical (unpaired) electrons. The maximum atomic E-state index is 12.4. The fraction of sp³-hybridized carbons (Fsp3) is 0.417. The minimum absolute atomic E-state index is 0.196. The first-order chi connectivity index (χ1) is 9.87. The Balaban J connectivity index is 2.13. The molecule has 0 spiro atoms. The molecule has 1 aromatic heterocycles. The van der Waals surface area contributed by atoms with Gasteiger partial charge in [0.1, 0.15) is 11.1 Å². The Bertz CT molecular complexity index is 551. The zero-order valence-corrected chi connectivity index (χ0v) is 11.6. The minimum atomic E-state index is -4.54. The maximum absolute atomic E-state index is 12.4. The molecule has 0 aliphatic carbocycles. The van der Waals surface area contributed by atoms with E-state index in [1.54, 1.807) is 0 Å². The van der Waals surface area contributed by atoms with E-state index >= 15 is 0 Å². The van der Waals surface area contributed by atoms with Crippen LogP contribution in [0.25, 0.3) is 0 Å². The van der Waals surface area contributed by atoms with Gasteiger partial charge < -0.3 is 10.6 Å². The Hall–Kier alpha value is -1.77. The van der Waals surface area contributed by atoms with Crippen LogP contribution in [-0.2, 0) is 4.79 Å². The van der Waals surface area contributed by atoms with Crippen LogP contribution in [0.1, 0.15) is 23.2 Å². The number of pyridine rings is 1. The van der Waals surface area contributed by atoms with E-state index in [1.165, 1.54) is 18.3 Å². The first-order valence-electron chi connectivity index (χ1n) is 6.16. The molecule has 5 nitrogen and oxygen atoms in total. The number of piperidine rings is 1. The lowest BCUT2D eigenvalue weighted by atomic mass is 10.1. The van der Waals surface area contributed by atoms with Crippen LogP contribution in [0.15, 0.2) is 23.4 Å². The summed E-state index contributed by atoms with van der Waals surface area (Å²) in [4.78, 5) is 27.2. The Morgan fingerprint density at radius 2 is 2.24 bits per heavy atom. The number of carbonyl (C=O) groups is 2. The molecule has 2 N–H and O–H groups in total. The van der Waals surface area contributed by atoms with Crippen molar-refractivity contribution in [3.8, 4) is 0 Å². The molecule has 1 fully saturated rings. The predicted molar refractivity (Wildman–Crippen MR) is 69.6 cm³/mol. The Kier molecular flexibility index (Phi) is 4.71. The third kappa shape index (κ3) is 4.35. The van der Waals surface area contributed by atoms with E-state index in [2.05, 4.69) is 15.6 Å². The van der Waals surface area contributed by atoms with Crippen molar-refractivity contribution in [2.75, 3.05) is 6.54 Å². The fourth-order valence-corrected chi connectivity index (χ4v) is 2.50. The molecule has 9 heteroatoms. The largest absolute Gasteiger partial charge is 0.447 e. The second-order valence-corrected chi connectivity index (χ2v) is 5.42. The summed E-state index contributed by atoms with van der Waals surface area (Å²) in [7, 11) is 0. The van der Waals surface area contributed by atoms with Crippen molar-refractivity contribution in [3.63, 3.8) is 0 Å². The van der Waals surface area contributed by atoms with Crippen LogP contribution in [0, 0.1) is 0 Å². The number of hydrogen-bond donors (Lipinski definition) is 2. The lowest BCUT2D eigenvalue weighted by Gasteiger charge is -2.23. The summed E-state index contributed by atoms with van der Waals surface area (Å²) in [6.45, 7) is 0.535. The average molecular weight is 319 g/mol. The molecule has 1 saturated heterocycles. The number of nitrogens with one attached hydrogen (secondary N) is 2. The van der Waals surface area contributed by atoms with Crippen molar-refractivity contribution in [3.05, 3.63) is 23.9 Å². The molecular formula is C12H12F3N3O2S. The number of aromatic nitrogens is 1. The Labute approximate surface area is 122 Å². The van der Waals surface area contributed by atoms with Crippen molar-refractivity contribution >= 4 is 23.6 Å². The zero-order valence-electron chi connectivity index (χ0n) is 10.7. The van der Waals surface area contributed by atoms with Gasteiger partial charge in [-0.1, -0.05) is 0 Å². The number of nitrogens with zero attached hydrogens (tertiary/aromatic N) is 1. The summed E-state index contributed by atoms with van der Waals surface area (Å²) in [6, 6.07) is 1.89. The lowest BCUT2D eigenvalue weighted by Crippen LogP contribution is -2.50. The summed E-state index contributed by atoms with van der Waals surface area (Å²) in [5.74, 6) is -1.07. The van der Waals surface area contributed by atoms with Gasteiger partial charge in [-0.2, -0.15) is 13.2 Å². The minimum Gasteiger partial charge on any atom is -0.354 e. The van der Waals surface area contributed by atoms with Crippen molar-refractivity contribution in [1.82, 2.24) is 15.6 Å². The number of amides is 2. The standard InChI is InChI=1S/C12H12F3N3O2S/c13-12(14,15)21-11-7(3-1-6-17-11)9(19)18-8-4-2-5-16-10(8)20/h1,3,6,8H,2,4-5H2,(H,16,20)(H,18,19)/t8-/m0/s1. The van der Waals surface area contributed by atoms with E-state index < -0.39 is 34.2 Å². The van der Waals surface area contributed by atoms with Gasteiger partial charge in [0.25, 0.3) is 5.91 Å². The number of thioether (sulfide) groups is 1. The highest BCUT2D eigenvalue weighted by atomic mass is 32.2. The molecule has 2 amide bonds. The van der Waals surface area contributed by atoms with E-state index in [0.717, 1.165) is 0 Å². The predicted octanol–water partition coefficient (Wildman–Crippen LogP) is 1.70. The SMILES string of the molecule is O=C(N[C@H]1CCCNC1=O)c1cccnc1SC(F)(F)F. The van der Waals surface area contributed by atoms with Gasteiger partial charge in [0, 0.05) is 24.5 Å². The first-order valence-corrected chi connectivity index (χ1v) is 6.98. The van der Waals surface area contributed by atoms with E-state index in [9.17, 15) is 22.8 Å². The number of hydrogen-bond acceptors (Lipinski definition) is 4. The number of halogens is 3. The van der Waals surface area contributed by atoms with E-state index in [4.69, 9.17) is 0 Å². The normalized spacial score (nSPS) is 19.0. The summed E-state index contributed by atoms with van der Waals surface area (Å²) in [5.41, 5.74) is -4.73. The first kappa shape index (κ1) is 15.6. The Morgan fingerprint density at radius 3 is 2.90 bits per heavy atom. The topological polar surface area (TPSA) is 71.1 Å². The summed E-state index contributed by atoms with van der Waals surface area (Å²) >= 11 is -0.454. The van der Waals surface area contributed by atoms with Crippen molar-refractivity contribution in [1.29, 1.82) is 0 Å². The molecule has 1 aliphatic heterocycles. The Morgan fingerprint density at radius 1 is 1.48 bits per heavy atom. The molecule has 21 heavy (non-hydrogen) atoms. The number of rotatable bonds is 3. The van der Waals surface area contributed by atoms with Gasteiger partial charge in [-0.05, 0) is 25.0 Å². The van der Waals surface area contributed by atoms with Crippen LogP contribution in [0.4, 0.5) is 13.2 Å². The molecule has 1 aromatic rings. The average Bonchev–Trinajstić information content (AvgIpc) is 2.40. The van der Waals surface area contributed by atoms with Crippen molar-refractivity contribution in [2.45, 2.75) is 29.4 Å². The highest BCUT2D eigenvalue weighted by Crippen LogP contribution is 2.37. The van der Waals surface area contributed by atoms with Gasteiger partial charge in [-0.3, -0.25) is 9.59 Å². The molecule has 1 aliphatic rings. The zero-order chi connectivity index (χ0) is 15.5. The molecular weight excluding hydrogens is 307 g/mol. The number of alkyl halides is 3. The van der Waals surface area contributed by atoms with Gasteiger partial charge in [0.15, 0.2) is 0 Å². The van der Waals surface area contributed by atoms with Crippen LogP contribution in [0.5, 0.6) is 0 Å². The summed E-state index contributed by atoms with van der Waals surface area (Å²) in [5, 5.41) is 4.59. The van der Waals surface area contributed by atoms with Crippen LogP contribution < -0.4 is 10.6 Å². The third-order valence-corrected chi connectivity index (χ3v) is 3.57. The molecule has 2 heterocycles. The highest BCUT2D eigenvalue weighted by molar-refractivity contribution is 8.00. The highest BCUT2D eigenvalue weighted by Gasteiger charge is 2.33. The number of carbonyl (C=O) groups excluding carboxylic acids is 2. The van der Waals surface area contributed by atoms with E-state index in [-0.39, 0.29) is 11.5 Å². The molecule has 0 saturated carbocycles. The van der Waals surface area contributed by atoms with E-state index in [0.29, 0.717) is 19.4 Å². The lowest BCUT2D eigenvalue weighted by molar-refractivity contribution is -0.124. The summed E-state index contributed by atoms with van der Waals surface area (Å²) < 4.78 is 37.3. The van der Waals surface area contributed by atoms with Gasteiger partial charge in [0.05, 0.1) is 5.56 Å². The van der Waals surface area contributed by atoms with Crippen LogP contribution >= 0.6 is 11.8 Å². The van der Waals surface area contributed by atoms with Crippen LogP contribution in [0.3, 0.4) is 0 Å². The van der Waals surface area contributed by atoms with Gasteiger partial charge >= 0.3 is 5.51 Å². The maximum Gasteiger partial charge on any atom is 0.447 e. The molecule has 0 aromatic carbocycles. The second kappa shape index (κ2) is 6.33. The van der Waals surface area contributed by atoms with Crippen molar-refractivity contribution in [2.24, 2.45) is 0 Å². The molecule has 0 unspecified atom stereocenters. The monoisotopic (exact) mass is 319 g/mol. The third-order valence-electron chi connectivity index (χ3n) is 2.82. The van der Waals surface area contributed by atoms with Gasteiger partial charge in [-0.25, -0.2) is 4.98 Å². The quantitative estimate of drug-likeness (QED) is 0.832.